The molecule has 0 saturated carbocycles. The second kappa shape index (κ2) is 14.3. The zero-order valence-corrected chi connectivity index (χ0v) is 21.6. The molecular formula is C23H37IN4O3. The Kier molecular flexibility index (Phi) is 12.5. The van der Waals surface area contributed by atoms with Gasteiger partial charge in [0.1, 0.15) is 0 Å². The highest BCUT2D eigenvalue weighted by Gasteiger charge is 2.27. The van der Waals surface area contributed by atoms with E-state index >= 15 is 0 Å². The van der Waals surface area contributed by atoms with Crippen LogP contribution in [0.3, 0.4) is 0 Å². The molecule has 1 heterocycles. The molecule has 7 nitrogen and oxygen atoms in total. The fourth-order valence-electron chi connectivity index (χ4n) is 3.63. The molecule has 1 aliphatic heterocycles. The Hall–Kier alpha value is -1.84. The SMILES string of the molecule is CCNC(=NCc1ccc(C(=O)N(CC)CC)cc1)N1CCC(C(=O)OCC)CC1.I. The molecule has 8 heteroatoms. The zero-order valence-electron chi connectivity index (χ0n) is 19.2. The normalized spacial score (nSPS) is 14.6. The monoisotopic (exact) mass is 544 g/mol. The number of likely N-dealkylation sites (tertiary alicyclic amines) is 1. The molecule has 1 aliphatic rings. The number of benzene rings is 1. The number of piperidine rings is 1. The average Bonchev–Trinajstić information content (AvgIpc) is 2.78. The minimum absolute atomic E-state index is 0. The van der Waals surface area contributed by atoms with Crippen LogP contribution >= 0.6 is 24.0 Å². The molecule has 1 amide bonds. The molecule has 1 N–H and O–H groups in total. The Bertz CT molecular complexity index is 712. The van der Waals surface area contributed by atoms with Gasteiger partial charge < -0.3 is 19.9 Å². The molecule has 0 unspecified atom stereocenters. The fourth-order valence-corrected chi connectivity index (χ4v) is 3.63. The van der Waals surface area contributed by atoms with Crippen molar-refractivity contribution in [3.8, 4) is 0 Å². The number of halogens is 1. The topological polar surface area (TPSA) is 74.2 Å². The van der Waals surface area contributed by atoms with Crippen molar-refractivity contribution in [3.05, 3.63) is 35.4 Å². The molecule has 1 saturated heterocycles. The maximum atomic E-state index is 12.4. The molecule has 0 aliphatic carbocycles. The summed E-state index contributed by atoms with van der Waals surface area (Å²) in [4.78, 5) is 33.2. The molecule has 174 valence electrons. The van der Waals surface area contributed by atoms with Gasteiger partial charge in [-0.3, -0.25) is 9.59 Å². The maximum Gasteiger partial charge on any atom is 0.309 e. The summed E-state index contributed by atoms with van der Waals surface area (Å²) in [5.74, 6) is 0.828. The highest BCUT2D eigenvalue weighted by Crippen LogP contribution is 2.19. The highest BCUT2D eigenvalue weighted by molar-refractivity contribution is 14.0. The van der Waals surface area contributed by atoms with E-state index in [1.165, 1.54) is 0 Å². The number of carbonyl (C=O) groups is 2. The van der Waals surface area contributed by atoms with Crippen molar-refractivity contribution in [1.29, 1.82) is 0 Å². The van der Waals surface area contributed by atoms with Gasteiger partial charge in [0.2, 0.25) is 0 Å². The smallest absolute Gasteiger partial charge is 0.309 e. The van der Waals surface area contributed by atoms with Gasteiger partial charge in [-0.1, -0.05) is 12.1 Å². The predicted octanol–water partition coefficient (Wildman–Crippen LogP) is 3.53. The molecular weight excluding hydrogens is 507 g/mol. The summed E-state index contributed by atoms with van der Waals surface area (Å²) in [6, 6.07) is 7.69. The van der Waals surface area contributed by atoms with Crippen molar-refractivity contribution in [2.75, 3.05) is 39.3 Å². The van der Waals surface area contributed by atoms with E-state index in [0.717, 1.165) is 44.0 Å². The van der Waals surface area contributed by atoms with Crippen molar-refractivity contribution in [3.63, 3.8) is 0 Å². The third kappa shape index (κ3) is 7.97. The summed E-state index contributed by atoms with van der Waals surface area (Å²) in [7, 11) is 0. The minimum Gasteiger partial charge on any atom is -0.466 e. The molecule has 0 radical (unpaired) electrons. The van der Waals surface area contributed by atoms with Gasteiger partial charge in [0.05, 0.1) is 19.1 Å². The molecule has 1 aromatic rings. The number of hydrogen-bond donors (Lipinski definition) is 1. The van der Waals surface area contributed by atoms with E-state index in [4.69, 9.17) is 9.73 Å². The third-order valence-corrected chi connectivity index (χ3v) is 5.41. The lowest BCUT2D eigenvalue weighted by molar-refractivity contribution is -0.149. The van der Waals surface area contributed by atoms with E-state index in [9.17, 15) is 9.59 Å². The largest absolute Gasteiger partial charge is 0.466 e. The summed E-state index contributed by atoms with van der Waals surface area (Å²) in [5.41, 5.74) is 1.77. The van der Waals surface area contributed by atoms with Gasteiger partial charge in [-0.15, -0.1) is 24.0 Å². The van der Waals surface area contributed by atoms with Gasteiger partial charge in [0, 0.05) is 38.3 Å². The molecule has 2 rings (SSSR count). The summed E-state index contributed by atoms with van der Waals surface area (Å²) in [6.07, 6.45) is 1.57. The van der Waals surface area contributed by atoms with Gasteiger partial charge in [-0.05, 0) is 58.2 Å². The van der Waals surface area contributed by atoms with E-state index in [1.54, 1.807) is 0 Å². The Balaban J connectivity index is 0.00000480. The van der Waals surface area contributed by atoms with Crippen LogP contribution in [0.1, 0.15) is 56.5 Å². The van der Waals surface area contributed by atoms with Gasteiger partial charge in [0.15, 0.2) is 5.96 Å². The van der Waals surface area contributed by atoms with Gasteiger partial charge in [-0.25, -0.2) is 4.99 Å². The first-order valence-electron chi connectivity index (χ1n) is 11.1. The first-order valence-corrected chi connectivity index (χ1v) is 11.1. The fraction of sp³-hybridized carbons (Fsp3) is 0.609. The minimum atomic E-state index is -0.0848. The number of nitrogens with zero attached hydrogens (tertiary/aromatic N) is 3. The number of rotatable bonds is 8. The number of guanidine groups is 1. The van der Waals surface area contributed by atoms with E-state index in [-0.39, 0.29) is 41.8 Å². The number of aliphatic imine (C=N–C) groups is 1. The number of hydrogen-bond acceptors (Lipinski definition) is 4. The third-order valence-electron chi connectivity index (χ3n) is 5.41. The number of ether oxygens (including phenoxy) is 1. The summed E-state index contributed by atoms with van der Waals surface area (Å²) >= 11 is 0. The molecule has 0 atom stereocenters. The molecule has 1 aromatic carbocycles. The standard InChI is InChI=1S/C23H36N4O3.HI/c1-5-24-23(27-15-13-20(14-16-27)22(29)30-8-4)25-17-18-9-11-19(12-10-18)21(28)26(6-2)7-3;/h9-12,20H,5-8,13-17H2,1-4H3,(H,24,25);1H. The van der Waals surface area contributed by atoms with E-state index in [1.807, 2.05) is 49.9 Å². The first kappa shape index (κ1) is 27.2. The average molecular weight is 544 g/mol. The number of amides is 1. The lowest BCUT2D eigenvalue weighted by Crippen LogP contribution is -2.46. The van der Waals surface area contributed by atoms with Gasteiger partial charge in [0.25, 0.3) is 5.91 Å². The van der Waals surface area contributed by atoms with Crippen LogP contribution in [0.2, 0.25) is 0 Å². The summed E-state index contributed by atoms with van der Waals surface area (Å²) < 4.78 is 5.16. The summed E-state index contributed by atoms with van der Waals surface area (Å²) in [6.45, 7) is 12.6. The summed E-state index contributed by atoms with van der Waals surface area (Å²) in [5, 5.41) is 3.35. The second-order valence-electron chi connectivity index (χ2n) is 7.36. The Morgan fingerprint density at radius 2 is 1.71 bits per heavy atom. The van der Waals surface area contributed by atoms with Gasteiger partial charge >= 0.3 is 5.97 Å². The first-order chi connectivity index (χ1) is 14.5. The molecule has 0 aromatic heterocycles. The molecule has 31 heavy (non-hydrogen) atoms. The van der Waals surface area contributed by atoms with Crippen molar-refractivity contribution in [2.24, 2.45) is 10.9 Å². The van der Waals surface area contributed by atoms with Crippen LogP contribution in [0.25, 0.3) is 0 Å². The Morgan fingerprint density at radius 1 is 1.10 bits per heavy atom. The number of esters is 1. The van der Waals surface area contributed by atoms with Crippen LogP contribution in [0.4, 0.5) is 0 Å². The van der Waals surface area contributed by atoms with Crippen molar-refractivity contribution in [1.82, 2.24) is 15.1 Å². The zero-order chi connectivity index (χ0) is 21.9. The second-order valence-corrected chi connectivity index (χ2v) is 7.36. The van der Waals surface area contributed by atoms with Crippen LogP contribution < -0.4 is 5.32 Å². The van der Waals surface area contributed by atoms with E-state index < -0.39 is 0 Å². The molecule has 0 bridgehead atoms. The van der Waals surface area contributed by atoms with Crippen LogP contribution in [0, 0.1) is 5.92 Å². The lowest BCUT2D eigenvalue weighted by Gasteiger charge is -2.33. The van der Waals surface area contributed by atoms with Crippen molar-refractivity contribution in [2.45, 2.75) is 47.1 Å². The van der Waals surface area contributed by atoms with Crippen LogP contribution in [-0.4, -0.2) is 67.0 Å². The van der Waals surface area contributed by atoms with E-state index in [2.05, 4.69) is 17.1 Å². The highest BCUT2D eigenvalue weighted by atomic mass is 127. The number of nitrogens with one attached hydrogen (secondary N) is 1. The lowest BCUT2D eigenvalue weighted by atomic mass is 9.97. The predicted molar refractivity (Wildman–Crippen MR) is 135 cm³/mol. The van der Waals surface area contributed by atoms with Crippen LogP contribution in [0.5, 0.6) is 0 Å². The Labute approximate surface area is 203 Å². The van der Waals surface area contributed by atoms with Crippen molar-refractivity contribution < 1.29 is 14.3 Å². The van der Waals surface area contributed by atoms with E-state index in [0.29, 0.717) is 31.8 Å². The maximum absolute atomic E-state index is 12.4. The number of carbonyl (C=O) groups excluding carboxylic acids is 2. The van der Waals surface area contributed by atoms with Crippen LogP contribution in [-0.2, 0) is 16.1 Å². The Morgan fingerprint density at radius 3 is 2.23 bits per heavy atom. The molecule has 0 spiro atoms. The quantitative estimate of drug-likeness (QED) is 0.235. The molecule has 1 fully saturated rings. The van der Waals surface area contributed by atoms with Crippen molar-refractivity contribution >= 4 is 41.8 Å². The van der Waals surface area contributed by atoms with Crippen LogP contribution in [0.15, 0.2) is 29.3 Å². The van der Waals surface area contributed by atoms with Gasteiger partial charge in [-0.2, -0.15) is 0 Å².